The lowest BCUT2D eigenvalue weighted by Gasteiger charge is -2.35. The number of methoxy groups -OCH3 is 1. The van der Waals surface area contributed by atoms with Crippen LogP contribution in [0.5, 0.6) is 17.4 Å². The Hall–Kier alpha value is -4.15. The smallest absolute Gasteiger partial charge is 0.248 e. The molecule has 0 spiro atoms. The maximum Gasteiger partial charge on any atom is 0.248 e. The van der Waals surface area contributed by atoms with Crippen LogP contribution in [0.15, 0.2) is 64.8 Å². The molecule has 0 radical (unpaired) electrons. The average molecular weight is 529 g/mol. The van der Waals surface area contributed by atoms with Crippen molar-refractivity contribution in [3.8, 4) is 17.4 Å². The molecule has 2 aromatic carbocycles. The number of ether oxygens (including phenoxy) is 2. The molecule has 0 atom stereocenters. The summed E-state index contributed by atoms with van der Waals surface area (Å²) < 4.78 is 12.8. The van der Waals surface area contributed by atoms with E-state index in [4.69, 9.17) is 9.47 Å². The van der Waals surface area contributed by atoms with E-state index in [1.165, 1.54) is 17.4 Å². The van der Waals surface area contributed by atoms with Gasteiger partial charge in [-0.05, 0) is 53.7 Å². The van der Waals surface area contributed by atoms with Gasteiger partial charge in [0.15, 0.2) is 0 Å². The fourth-order valence-corrected chi connectivity index (χ4v) is 5.44. The Morgan fingerprint density at radius 3 is 2.68 bits per heavy atom. The van der Waals surface area contributed by atoms with Crippen molar-refractivity contribution in [2.75, 3.05) is 50.1 Å². The number of aromatic amines is 1. The average Bonchev–Trinajstić information content (AvgIpc) is 3.42. The summed E-state index contributed by atoms with van der Waals surface area (Å²) in [6.45, 7) is 7.39. The van der Waals surface area contributed by atoms with Gasteiger partial charge in [0.25, 0.3) is 0 Å². The van der Waals surface area contributed by atoms with Gasteiger partial charge in [0.1, 0.15) is 16.2 Å². The number of nitrogens with zero attached hydrogens (tertiary/aromatic N) is 4. The first-order valence-electron chi connectivity index (χ1n) is 12.6. The topological polar surface area (TPSA) is 95.6 Å². The summed E-state index contributed by atoms with van der Waals surface area (Å²) in [7, 11) is 1.67. The quantitative estimate of drug-likeness (QED) is 0.297. The van der Waals surface area contributed by atoms with Crippen molar-refractivity contribution in [3.63, 3.8) is 0 Å². The Labute approximate surface area is 223 Å². The summed E-state index contributed by atoms with van der Waals surface area (Å²) >= 11 is 1.51. The zero-order valence-corrected chi connectivity index (χ0v) is 22.0. The molecule has 1 saturated heterocycles. The van der Waals surface area contributed by atoms with E-state index in [9.17, 15) is 4.79 Å². The van der Waals surface area contributed by atoms with Gasteiger partial charge in [-0.25, -0.2) is 4.98 Å². The number of hydrogen-bond acceptors (Lipinski definition) is 9. The predicted octanol–water partition coefficient (Wildman–Crippen LogP) is 5.22. The molecule has 3 aromatic heterocycles. The molecule has 4 heterocycles. The fourth-order valence-electron chi connectivity index (χ4n) is 4.69. The van der Waals surface area contributed by atoms with Crippen LogP contribution >= 0.6 is 11.3 Å². The van der Waals surface area contributed by atoms with Crippen molar-refractivity contribution in [2.45, 2.75) is 6.92 Å². The lowest BCUT2D eigenvalue weighted by atomic mass is 10.2. The summed E-state index contributed by atoms with van der Waals surface area (Å²) in [6, 6.07) is 16.9. The minimum atomic E-state index is -0.160. The third kappa shape index (κ3) is 4.88. The van der Waals surface area contributed by atoms with E-state index in [0.717, 1.165) is 65.5 Å². The van der Waals surface area contributed by atoms with Crippen LogP contribution in [-0.4, -0.2) is 59.7 Å². The van der Waals surface area contributed by atoms with Crippen molar-refractivity contribution in [1.82, 2.24) is 19.9 Å². The number of H-pyrrole nitrogens is 1. The molecule has 2 N–H and O–H groups in total. The van der Waals surface area contributed by atoms with Crippen molar-refractivity contribution >= 4 is 49.8 Å². The summed E-state index contributed by atoms with van der Waals surface area (Å²) in [5.74, 6) is 2.14. The predicted molar refractivity (Wildman–Crippen MR) is 153 cm³/mol. The molecule has 0 aliphatic carbocycles. The van der Waals surface area contributed by atoms with E-state index in [0.29, 0.717) is 23.1 Å². The number of anilines is 3. The monoisotopic (exact) mass is 528 g/mol. The first-order valence-corrected chi connectivity index (χ1v) is 13.5. The summed E-state index contributed by atoms with van der Waals surface area (Å²) in [5.41, 5.74) is 3.22. The molecule has 1 aliphatic heterocycles. The Balaban J connectivity index is 1.28. The van der Waals surface area contributed by atoms with Crippen LogP contribution in [-0.2, 0) is 0 Å². The Morgan fingerprint density at radius 1 is 1.03 bits per heavy atom. The summed E-state index contributed by atoms with van der Waals surface area (Å²) in [5, 5.41) is 6.20. The van der Waals surface area contributed by atoms with Gasteiger partial charge >= 0.3 is 0 Å². The van der Waals surface area contributed by atoms with Crippen molar-refractivity contribution in [2.24, 2.45) is 0 Å². The molecule has 5 aromatic rings. The van der Waals surface area contributed by atoms with Crippen LogP contribution < -0.4 is 25.2 Å². The lowest BCUT2D eigenvalue weighted by molar-refractivity contribution is 0.271. The maximum atomic E-state index is 11.8. The third-order valence-corrected chi connectivity index (χ3v) is 7.69. The highest BCUT2D eigenvalue weighted by Crippen LogP contribution is 2.36. The second kappa shape index (κ2) is 10.3. The second-order valence-corrected chi connectivity index (χ2v) is 10.0. The van der Waals surface area contributed by atoms with Crippen LogP contribution in [0.2, 0.25) is 0 Å². The summed E-state index contributed by atoms with van der Waals surface area (Å²) in [6.07, 6.45) is 0. The highest BCUT2D eigenvalue weighted by Gasteiger charge is 2.18. The summed E-state index contributed by atoms with van der Waals surface area (Å²) in [4.78, 5) is 28.8. The van der Waals surface area contributed by atoms with Gasteiger partial charge in [0.05, 0.1) is 23.8 Å². The molecular formula is C28H28N6O3S. The fraction of sp³-hybridized carbons (Fsp3) is 0.250. The number of fused-ring (bicyclic) bond motifs is 2. The number of benzene rings is 2. The number of rotatable bonds is 7. The molecule has 0 unspecified atom stereocenters. The van der Waals surface area contributed by atoms with E-state index >= 15 is 0 Å². The van der Waals surface area contributed by atoms with E-state index in [1.54, 1.807) is 19.2 Å². The van der Waals surface area contributed by atoms with Gasteiger partial charge < -0.3 is 29.6 Å². The number of piperazine rings is 1. The number of hydrogen-bond donors (Lipinski definition) is 2. The molecule has 194 valence electrons. The normalized spacial score (nSPS) is 14.2. The molecule has 0 bridgehead atoms. The first-order chi connectivity index (χ1) is 18.6. The zero-order chi connectivity index (χ0) is 26.1. The second-order valence-electron chi connectivity index (χ2n) is 9.09. The lowest BCUT2D eigenvalue weighted by Crippen LogP contribution is -2.46. The van der Waals surface area contributed by atoms with Crippen molar-refractivity contribution in [1.29, 1.82) is 0 Å². The van der Waals surface area contributed by atoms with Crippen LogP contribution in [0, 0.1) is 0 Å². The number of pyridine rings is 1. The maximum absolute atomic E-state index is 11.8. The third-order valence-electron chi connectivity index (χ3n) is 6.80. The van der Waals surface area contributed by atoms with Crippen molar-refractivity contribution in [3.05, 3.63) is 70.3 Å². The largest absolute Gasteiger partial charge is 0.494 e. The first kappa shape index (κ1) is 24.2. The van der Waals surface area contributed by atoms with Crippen LogP contribution in [0.25, 0.3) is 21.1 Å². The van der Waals surface area contributed by atoms with E-state index < -0.39 is 0 Å². The van der Waals surface area contributed by atoms with Crippen LogP contribution in [0.4, 0.5) is 17.3 Å². The molecule has 38 heavy (non-hydrogen) atoms. The molecule has 6 rings (SSSR count). The van der Waals surface area contributed by atoms with Gasteiger partial charge in [-0.1, -0.05) is 6.92 Å². The highest BCUT2D eigenvalue weighted by molar-refractivity contribution is 7.17. The van der Waals surface area contributed by atoms with E-state index in [1.807, 2.05) is 29.6 Å². The molecule has 1 aliphatic rings. The number of nitrogens with one attached hydrogen (secondary N) is 2. The standard InChI is InChI=1S/C28H28N6O3S/c1-3-33-11-13-34(14-12-33)19-6-8-21(24(16-19)36-2)30-28-31-22-10-15-38-26(22)27(32-28)37-20-7-4-18-5-9-25(35)29-23(18)17-20/h4-10,15-17H,3,11-14H2,1-2H3,(H,29,35)(H,30,31,32). The minimum Gasteiger partial charge on any atom is -0.494 e. The molecule has 0 saturated carbocycles. The molecule has 1 fully saturated rings. The Kier molecular flexibility index (Phi) is 6.57. The Bertz CT molecular complexity index is 1660. The van der Waals surface area contributed by atoms with E-state index in [-0.39, 0.29) is 5.56 Å². The molecule has 9 nitrogen and oxygen atoms in total. The van der Waals surface area contributed by atoms with Crippen molar-refractivity contribution < 1.29 is 9.47 Å². The zero-order valence-electron chi connectivity index (χ0n) is 21.2. The van der Waals surface area contributed by atoms with Gasteiger partial charge in [0.2, 0.25) is 17.4 Å². The molecular weight excluding hydrogens is 500 g/mol. The van der Waals surface area contributed by atoms with Gasteiger partial charge in [-0.3, -0.25) is 4.79 Å². The molecule has 0 amide bonds. The SMILES string of the molecule is CCN1CCN(c2ccc(Nc3nc(Oc4ccc5ccc(=O)[nH]c5c4)c4sccc4n3)c(OC)c2)CC1. The minimum absolute atomic E-state index is 0.160. The van der Waals surface area contributed by atoms with Gasteiger partial charge in [-0.2, -0.15) is 4.98 Å². The van der Waals surface area contributed by atoms with Crippen LogP contribution in [0.1, 0.15) is 6.92 Å². The molecule has 10 heteroatoms. The Morgan fingerprint density at radius 2 is 1.87 bits per heavy atom. The van der Waals surface area contributed by atoms with Gasteiger partial charge in [0, 0.05) is 50.1 Å². The highest BCUT2D eigenvalue weighted by atomic mass is 32.1. The van der Waals surface area contributed by atoms with Crippen LogP contribution in [0.3, 0.4) is 0 Å². The number of aromatic nitrogens is 3. The van der Waals surface area contributed by atoms with Gasteiger partial charge in [-0.15, -0.1) is 11.3 Å². The number of thiophene rings is 1. The van der Waals surface area contributed by atoms with E-state index in [2.05, 4.69) is 49.1 Å². The number of likely N-dealkylation sites (N-methyl/N-ethyl adjacent to an activating group) is 1.